The van der Waals surface area contributed by atoms with Crippen LogP contribution in [0.1, 0.15) is 16.2 Å². The van der Waals surface area contributed by atoms with E-state index in [9.17, 15) is 4.79 Å². The monoisotopic (exact) mass is 235 g/mol. The molecule has 0 bridgehead atoms. The van der Waals surface area contributed by atoms with Crippen LogP contribution in [0.15, 0.2) is 24.4 Å². The van der Waals surface area contributed by atoms with Crippen LogP contribution in [0.5, 0.6) is 0 Å². The van der Waals surface area contributed by atoms with Gasteiger partial charge in [0.15, 0.2) is 5.69 Å². The number of carbonyl (C=O) groups excluding carboxylic acids is 1. The highest BCUT2D eigenvalue weighted by Gasteiger charge is 2.07. The Labute approximate surface area is 98.8 Å². The molecule has 1 aromatic heterocycles. The zero-order valence-electron chi connectivity index (χ0n) is 8.94. The summed E-state index contributed by atoms with van der Waals surface area (Å²) in [4.78, 5) is 17.2. The van der Waals surface area contributed by atoms with Crippen LogP contribution in [0.2, 0.25) is 5.02 Å². The Kier molecular flexibility index (Phi) is 4.03. The minimum absolute atomic E-state index is 0.0609. The summed E-state index contributed by atoms with van der Waals surface area (Å²) in [6.45, 7) is 0. The van der Waals surface area contributed by atoms with Crippen LogP contribution in [0, 0.1) is 11.3 Å². The Morgan fingerprint density at radius 2 is 2.25 bits per heavy atom. The molecular weight excluding hydrogens is 226 g/mol. The minimum Gasteiger partial charge on any atom is -0.383 e. The third-order valence-corrected chi connectivity index (χ3v) is 2.03. The average Bonchev–Trinajstić information content (AvgIpc) is 2.26. The van der Waals surface area contributed by atoms with Crippen LogP contribution in [0.3, 0.4) is 0 Å². The molecule has 0 aliphatic rings. The molecule has 5 heteroatoms. The number of ketones is 1. The lowest BCUT2D eigenvalue weighted by atomic mass is 10.2. The first-order valence-corrected chi connectivity index (χ1v) is 4.88. The molecule has 0 saturated carbocycles. The van der Waals surface area contributed by atoms with Crippen molar-refractivity contribution < 1.29 is 4.79 Å². The van der Waals surface area contributed by atoms with E-state index in [1.165, 1.54) is 18.2 Å². The summed E-state index contributed by atoms with van der Waals surface area (Å²) in [5.74, 6) is -0.262. The molecule has 1 aromatic rings. The first kappa shape index (κ1) is 12.2. The first-order valence-electron chi connectivity index (χ1n) is 4.50. The fourth-order valence-electron chi connectivity index (χ4n) is 0.960. The van der Waals surface area contributed by atoms with Crippen molar-refractivity contribution in [1.82, 2.24) is 9.88 Å². The number of halogens is 1. The normalized spacial score (nSPS) is 10.1. The molecule has 0 aliphatic heterocycles. The molecule has 0 atom stereocenters. The van der Waals surface area contributed by atoms with Crippen LogP contribution < -0.4 is 0 Å². The van der Waals surface area contributed by atoms with Crippen molar-refractivity contribution in [1.29, 1.82) is 5.26 Å². The SMILES string of the molecule is CN(C)C=CC(=O)c1ccc(Cl)c(C#N)n1. The van der Waals surface area contributed by atoms with Gasteiger partial charge in [0.05, 0.1) is 5.02 Å². The minimum atomic E-state index is -0.262. The van der Waals surface area contributed by atoms with Crippen LogP contribution in [-0.4, -0.2) is 29.8 Å². The van der Waals surface area contributed by atoms with Crippen molar-refractivity contribution in [2.45, 2.75) is 0 Å². The van der Waals surface area contributed by atoms with Gasteiger partial charge in [0, 0.05) is 26.4 Å². The van der Waals surface area contributed by atoms with Gasteiger partial charge in [0.1, 0.15) is 11.8 Å². The molecule has 0 spiro atoms. The molecule has 0 N–H and O–H groups in total. The zero-order chi connectivity index (χ0) is 12.1. The molecule has 0 amide bonds. The topological polar surface area (TPSA) is 57.0 Å². The summed E-state index contributed by atoms with van der Waals surface area (Å²) in [6, 6.07) is 4.81. The van der Waals surface area contributed by atoms with Gasteiger partial charge in [-0.05, 0) is 12.1 Å². The highest BCUT2D eigenvalue weighted by Crippen LogP contribution is 2.13. The summed E-state index contributed by atoms with van der Waals surface area (Å²) in [7, 11) is 3.61. The van der Waals surface area contributed by atoms with Crippen molar-refractivity contribution in [2.24, 2.45) is 0 Å². The quantitative estimate of drug-likeness (QED) is 0.593. The highest BCUT2D eigenvalue weighted by atomic mass is 35.5. The van der Waals surface area contributed by atoms with E-state index >= 15 is 0 Å². The van der Waals surface area contributed by atoms with Gasteiger partial charge in [-0.15, -0.1) is 0 Å². The van der Waals surface area contributed by atoms with Crippen molar-refractivity contribution in [3.8, 4) is 6.07 Å². The van der Waals surface area contributed by atoms with Gasteiger partial charge in [0.2, 0.25) is 5.78 Å². The molecule has 0 radical (unpaired) electrons. The second-order valence-corrected chi connectivity index (χ2v) is 3.69. The molecule has 1 rings (SSSR count). The van der Waals surface area contributed by atoms with Gasteiger partial charge < -0.3 is 4.90 Å². The van der Waals surface area contributed by atoms with E-state index in [0.29, 0.717) is 0 Å². The standard InChI is InChI=1S/C11H10ClN3O/c1-15(2)6-5-11(16)9-4-3-8(12)10(7-13)14-9/h3-6H,1-2H3. The maximum absolute atomic E-state index is 11.6. The third-order valence-electron chi connectivity index (χ3n) is 1.73. The van der Waals surface area contributed by atoms with Crippen molar-refractivity contribution >= 4 is 17.4 Å². The summed E-state index contributed by atoms with van der Waals surface area (Å²) in [5, 5.41) is 8.95. The number of aromatic nitrogens is 1. The summed E-state index contributed by atoms with van der Waals surface area (Å²) in [6.07, 6.45) is 3.00. The Bertz CT molecular complexity index is 475. The molecule has 0 aliphatic carbocycles. The molecular formula is C11H10ClN3O. The second kappa shape index (κ2) is 5.29. The fourth-order valence-corrected chi connectivity index (χ4v) is 1.11. The molecule has 16 heavy (non-hydrogen) atoms. The number of nitriles is 1. The van der Waals surface area contributed by atoms with Crippen LogP contribution in [0.4, 0.5) is 0 Å². The van der Waals surface area contributed by atoms with Gasteiger partial charge >= 0.3 is 0 Å². The number of allylic oxidation sites excluding steroid dienone is 1. The summed E-state index contributed by atoms with van der Waals surface area (Å²) < 4.78 is 0. The number of pyridine rings is 1. The highest BCUT2D eigenvalue weighted by molar-refractivity contribution is 6.31. The number of rotatable bonds is 3. The van der Waals surface area contributed by atoms with Gasteiger partial charge in [0.25, 0.3) is 0 Å². The Hall–Kier alpha value is -1.86. The van der Waals surface area contributed by atoms with Gasteiger partial charge in [-0.2, -0.15) is 5.26 Å². The van der Waals surface area contributed by atoms with Crippen molar-refractivity contribution in [3.63, 3.8) is 0 Å². The molecule has 4 nitrogen and oxygen atoms in total. The number of hydrogen-bond acceptors (Lipinski definition) is 4. The van der Waals surface area contributed by atoms with Gasteiger partial charge in [-0.1, -0.05) is 11.6 Å². The van der Waals surface area contributed by atoms with Gasteiger partial charge in [-0.25, -0.2) is 4.98 Å². The lowest BCUT2D eigenvalue weighted by Gasteiger charge is -2.02. The first-order chi connectivity index (χ1) is 7.54. The smallest absolute Gasteiger partial charge is 0.205 e. The summed E-state index contributed by atoms with van der Waals surface area (Å²) >= 11 is 5.71. The maximum Gasteiger partial charge on any atom is 0.205 e. The third kappa shape index (κ3) is 3.07. The summed E-state index contributed by atoms with van der Waals surface area (Å²) in [5.41, 5.74) is 0.268. The Morgan fingerprint density at radius 1 is 1.56 bits per heavy atom. The Balaban J connectivity index is 2.98. The zero-order valence-corrected chi connectivity index (χ0v) is 9.69. The lowest BCUT2D eigenvalue weighted by Crippen LogP contribution is -2.05. The Morgan fingerprint density at radius 3 is 2.81 bits per heavy atom. The molecule has 0 saturated heterocycles. The van der Waals surface area contributed by atoms with E-state index in [0.717, 1.165) is 0 Å². The molecule has 0 aromatic carbocycles. The predicted octanol–water partition coefficient (Wildman–Crippen LogP) is 1.86. The second-order valence-electron chi connectivity index (χ2n) is 3.28. The van der Waals surface area contributed by atoms with Crippen LogP contribution >= 0.6 is 11.6 Å². The van der Waals surface area contributed by atoms with E-state index in [2.05, 4.69) is 4.98 Å². The van der Waals surface area contributed by atoms with E-state index in [4.69, 9.17) is 16.9 Å². The maximum atomic E-state index is 11.6. The van der Waals surface area contributed by atoms with Crippen molar-refractivity contribution in [2.75, 3.05) is 14.1 Å². The number of hydrogen-bond donors (Lipinski definition) is 0. The number of nitrogens with zero attached hydrogens (tertiary/aromatic N) is 3. The van der Waals surface area contributed by atoms with Gasteiger partial charge in [-0.3, -0.25) is 4.79 Å². The van der Waals surface area contributed by atoms with E-state index < -0.39 is 0 Å². The van der Waals surface area contributed by atoms with Crippen molar-refractivity contribution in [3.05, 3.63) is 40.8 Å². The largest absolute Gasteiger partial charge is 0.383 e. The molecule has 1 heterocycles. The van der Waals surface area contributed by atoms with E-state index in [1.54, 1.807) is 25.2 Å². The molecule has 82 valence electrons. The molecule has 0 fully saturated rings. The van der Waals surface area contributed by atoms with Crippen LogP contribution in [0.25, 0.3) is 0 Å². The molecule has 0 unspecified atom stereocenters. The predicted molar refractivity (Wildman–Crippen MR) is 61.1 cm³/mol. The fraction of sp³-hybridized carbons (Fsp3) is 0.182. The number of carbonyl (C=O) groups is 1. The average molecular weight is 236 g/mol. The lowest BCUT2D eigenvalue weighted by molar-refractivity contribution is 0.104. The van der Waals surface area contributed by atoms with Crippen LogP contribution in [-0.2, 0) is 0 Å². The van der Waals surface area contributed by atoms with E-state index in [-0.39, 0.29) is 22.2 Å². The van der Waals surface area contributed by atoms with E-state index in [1.807, 2.05) is 6.07 Å².